The Kier molecular flexibility index (Phi) is 6.59. The van der Waals surface area contributed by atoms with Crippen LogP contribution in [0.4, 0.5) is 11.4 Å². The normalized spacial score (nSPS) is 13.6. The zero-order valence-electron chi connectivity index (χ0n) is 19.4. The van der Waals surface area contributed by atoms with Crippen LogP contribution in [0, 0.1) is 0 Å². The van der Waals surface area contributed by atoms with Gasteiger partial charge in [-0.1, -0.05) is 60.7 Å². The topological polar surface area (TPSA) is 43.9 Å². The Hall–Kier alpha value is -3.86. The molecule has 5 nitrogen and oxygen atoms in total. The van der Waals surface area contributed by atoms with Crippen molar-refractivity contribution in [1.29, 1.82) is 0 Å². The SMILES string of the molecule is CCN(CC)c1ccc(N2C(=O)C(c3ccccc3)=C(N(C)Cc3ccccc3)C2=O)cc1. The number of likely N-dealkylation sites (N-methyl/N-ethyl adjacent to an activating group) is 1. The summed E-state index contributed by atoms with van der Waals surface area (Å²) in [6, 6.07) is 27.0. The summed E-state index contributed by atoms with van der Waals surface area (Å²) in [7, 11) is 1.86. The van der Waals surface area contributed by atoms with E-state index in [1.165, 1.54) is 4.90 Å². The molecule has 0 unspecified atom stereocenters. The average molecular weight is 440 g/mol. The lowest BCUT2D eigenvalue weighted by molar-refractivity contribution is -0.120. The predicted molar refractivity (Wildman–Crippen MR) is 134 cm³/mol. The van der Waals surface area contributed by atoms with Crippen molar-refractivity contribution < 1.29 is 9.59 Å². The molecular formula is C28H29N3O2. The van der Waals surface area contributed by atoms with Crippen molar-refractivity contribution in [1.82, 2.24) is 4.90 Å². The fourth-order valence-electron chi connectivity index (χ4n) is 4.31. The second kappa shape index (κ2) is 9.74. The predicted octanol–water partition coefficient (Wildman–Crippen LogP) is 4.95. The summed E-state index contributed by atoms with van der Waals surface area (Å²) in [5.74, 6) is -0.593. The molecule has 0 aliphatic carbocycles. The van der Waals surface area contributed by atoms with Crippen LogP contribution in [0.3, 0.4) is 0 Å². The number of imide groups is 1. The first-order chi connectivity index (χ1) is 16.0. The Morgan fingerprint density at radius 2 is 1.30 bits per heavy atom. The maximum Gasteiger partial charge on any atom is 0.282 e. The monoisotopic (exact) mass is 439 g/mol. The van der Waals surface area contributed by atoms with Gasteiger partial charge in [0, 0.05) is 32.4 Å². The van der Waals surface area contributed by atoms with Crippen LogP contribution in [-0.2, 0) is 16.1 Å². The lowest BCUT2D eigenvalue weighted by Gasteiger charge is -2.23. The molecular weight excluding hydrogens is 410 g/mol. The summed E-state index contributed by atoms with van der Waals surface area (Å²) < 4.78 is 0. The maximum atomic E-state index is 13.7. The standard InChI is InChI=1S/C28H29N3O2/c1-4-30(5-2)23-16-18-24(19-17-23)31-27(32)25(22-14-10-7-11-15-22)26(28(31)33)29(3)20-21-12-8-6-9-13-21/h6-19H,4-5,20H2,1-3H3. The number of hydrogen-bond donors (Lipinski definition) is 0. The van der Waals surface area contributed by atoms with Gasteiger partial charge in [-0.2, -0.15) is 0 Å². The smallest absolute Gasteiger partial charge is 0.282 e. The third kappa shape index (κ3) is 4.40. The van der Waals surface area contributed by atoms with E-state index >= 15 is 0 Å². The van der Waals surface area contributed by atoms with Gasteiger partial charge in [-0.05, 0) is 49.2 Å². The molecule has 2 amide bonds. The largest absolute Gasteiger partial charge is 0.372 e. The highest BCUT2D eigenvalue weighted by Gasteiger charge is 2.41. The van der Waals surface area contributed by atoms with Crippen molar-refractivity contribution >= 4 is 28.8 Å². The molecule has 0 saturated heterocycles. The van der Waals surface area contributed by atoms with Gasteiger partial charge in [0.1, 0.15) is 5.70 Å². The summed E-state index contributed by atoms with van der Waals surface area (Å²) in [4.78, 5) is 32.7. The van der Waals surface area contributed by atoms with Gasteiger partial charge in [-0.25, -0.2) is 4.90 Å². The fraction of sp³-hybridized carbons (Fsp3) is 0.214. The molecule has 4 rings (SSSR count). The Morgan fingerprint density at radius 3 is 1.88 bits per heavy atom. The number of anilines is 2. The van der Waals surface area contributed by atoms with Crippen molar-refractivity contribution in [2.45, 2.75) is 20.4 Å². The molecule has 0 bridgehead atoms. The van der Waals surface area contributed by atoms with Crippen LogP contribution in [0.15, 0.2) is 90.6 Å². The molecule has 0 aromatic heterocycles. The van der Waals surface area contributed by atoms with E-state index in [0.717, 1.165) is 29.9 Å². The highest BCUT2D eigenvalue weighted by atomic mass is 16.2. The molecule has 0 spiro atoms. The Morgan fingerprint density at radius 1 is 0.727 bits per heavy atom. The lowest BCUT2D eigenvalue weighted by Crippen LogP contribution is -2.34. The van der Waals surface area contributed by atoms with Gasteiger partial charge in [-0.3, -0.25) is 9.59 Å². The summed E-state index contributed by atoms with van der Waals surface area (Å²) >= 11 is 0. The van der Waals surface area contributed by atoms with E-state index in [-0.39, 0.29) is 11.8 Å². The number of hydrogen-bond acceptors (Lipinski definition) is 4. The Balaban J connectivity index is 1.72. The summed E-state index contributed by atoms with van der Waals surface area (Å²) in [5, 5.41) is 0. The van der Waals surface area contributed by atoms with Crippen molar-refractivity contribution in [3.05, 3.63) is 102 Å². The molecule has 168 valence electrons. The maximum absolute atomic E-state index is 13.7. The van der Waals surface area contributed by atoms with Gasteiger partial charge in [0.25, 0.3) is 11.8 Å². The minimum absolute atomic E-state index is 0.295. The van der Waals surface area contributed by atoms with Gasteiger partial charge >= 0.3 is 0 Å². The van der Waals surface area contributed by atoms with E-state index in [2.05, 4.69) is 18.7 Å². The zero-order valence-corrected chi connectivity index (χ0v) is 19.4. The molecule has 1 heterocycles. The van der Waals surface area contributed by atoms with Crippen LogP contribution in [0.5, 0.6) is 0 Å². The molecule has 3 aromatic carbocycles. The van der Waals surface area contributed by atoms with Gasteiger partial charge in [0.2, 0.25) is 0 Å². The number of amides is 2. The molecule has 3 aromatic rings. The summed E-state index contributed by atoms with van der Waals surface area (Å²) in [6.45, 7) is 6.53. The molecule has 0 N–H and O–H groups in total. The van der Waals surface area contributed by atoms with Gasteiger partial charge in [0.05, 0.1) is 11.3 Å². The first-order valence-electron chi connectivity index (χ1n) is 11.3. The van der Waals surface area contributed by atoms with Gasteiger partial charge < -0.3 is 9.80 Å². The zero-order chi connectivity index (χ0) is 23.4. The molecule has 1 aliphatic heterocycles. The van der Waals surface area contributed by atoms with Crippen molar-refractivity contribution in [3.63, 3.8) is 0 Å². The molecule has 0 saturated carbocycles. The minimum atomic E-state index is -0.298. The molecule has 5 heteroatoms. The van der Waals surface area contributed by atoms with E-state index in [4.69, 9.17) is 0 Å². The van der Waals surface area contributed by atoms with E-state index in [0.29, 0.717) is 23.5 Å². The van der Waals surface area contributed by atoms with E-state index in [9.17, 15) is 9.59 Å². The van der Waals surface area contributed by atoms with Crippen molar-refractivity contribution in [2.75, 3.05) is 29.9 Å². The molecule has 0 radical (unpaired) electrons. The summed E-state index contributed by atoms with van der Waals surface area (Å²) in [6.07, 6.45) is 0. The van der Waals surface area contributed by atoms with Crippen LogP contribution in [0.25, 0.3) is 5.57 Å². The highest BCUT2D eigenvalue weighted by molar-refractivity contribution is 6.45. The minimum Gasteiger partial charge on any atom is -0.372 e. The molecule has 1 aliphatic rings. The number of benzene rings is 3. The second-order valence-corrected chi connectivity index (χ2v) is 8.07. The van der Waals surface area contributed by atoms with Crippen LogP contribution < -0.4 is 9.80 Å². The van der Waals surface area contributed by atoms with E-state index < -0.39 is 0 Å². The van der Waals surface area contributed by atoms with E-state index in [1.54, 1.807) is 0 Å². The molecule has 33 heavy (non-hydrogen) atoms. The number of carbonyl (C=O) groups is 2. The second-order valence-electron chi connectivity index (χ2n) is 8.07. The summed E-state index contributed by atoms with van der Waals surface area (Å²) in [5.41, 5.74) is 4.32. The van der Waals surface area contributed by atoms with Crippen molar-refractivity contribution in [2.24, 2.45) is 0 Å². The lowest BCUT2D eigenvalue weighted by atomic mass is 10.0. The first-order valence-corrected chi connectivity index (χ1v) is 11.3. The average Bonchev–Trinajstić information content (AvgIpc) is 3.11. The molecule has 0 atom stereocenters. The van der Waals surface area contributed by atoms with Gasteiger partial charge in [0.15, 0.2) is 0 Å². The van der Waals surface area contributed by atoms with Crippen LogP contribution >= 0.6 is 0 Å². The van der Waals surface area contributed by atoms with Crippen LogP contribution in [0.1, 0.15) is 25.0 Å². The Labute approximate surface area is 195 Å². The third-order valence-electron chi connectivity index (χ3n) is 6.00. The fourth-order valence-corrected chi connectivity index (χ4v) is 4.31. The third-order valence-corrected chi connectivity index (χ3v) is 6.00. The molecule has 0 fully saturated rings. The number of carbonyl (C=O) groups excluding carboxylic acids is 2. The van der Waals surface area contributed by atoms with Crippen LogP contribution in [0.2, 0.25) is 0 Å². The first kappa shape index (κ1) is 22.3. The number of rotatable bonds is 8. The van der Waals surface area contributed by atoms with E-state index in [1.807, 2.05) is 96.9 Å². The Bertz CT molecular complexity index is 1150. The van der Waals surface area contributed by atoms with Gasteiger partial charge in [-0.15, -0.1) is 0 Å². The van der Waals surface area contributed by atoms with Crippen molar-refractivity contribution in [3.8, 4) is 0 Å². The number of nitrogens with zero attached hydrogens (tertiary/aromatic N) is 3. The quantitative estimate of drug-likeness (QED) is 0.466. The van der Waals surface area contributed by atoms with Crippen LogP contribution in [-0.4, -0.2) is 36.9 Å². The highest BCUT2D eigenvalue weighted by Crippen LogP contribution is 2.35.